The number of hydrogen-bond donors (Lipinski definition) is 1. The second-order valence-electron chi connectivity index (χ2n) is 7.22. The van der Waals surface area contributed by atoms with E-state index in [9.17, 15) is 0 Å². The van der Waals surface area contributed by atoms with E-state index in [4.69, 9.17) is 19.3 Å². The van der Waals surface area contributed by atoms with Gasteiger partial charge in [0.15, 0.2) is 0 Å². The van der Waals surface area contributed by atoms with Crippen molar-refractivity contribution in [1.29, 1.82) is 0 Å². The fourth-order valence-corrected chi connectivity index (χ4v) is 3.95. The smallest absolute Gasteiger partial charge is 0.114 e. The van der Waals surface area contributed by atoms with Crippen molar-refractivity contribution in [2.75, 3.05) is 39.6 Å². The van der Waals surface area contributed by atoms with Gasteiger partial charge >= 0.3 is 0 Å². The van der Waals surface area contributed by atoms with Crippen LogP contribution < -0.4 is 5.32 Å². The van der Waals surface area contributed by atoms with E-state index < -0.39 is 0 Å². The van der Waals surface area contributed by atoms with Gasteiger partial charge in [-0.2, -0.15) is 5.10 Å². The SMILES string of the molecule is c1c2c(nn1CC1CCOCC1)[C@@H](CNC1CCOCC1)OCC2. The summed E-state index contributed by atoms with van der Waals surface area (Å²) in [5.41, 5.74) is 2.51. The molecule has 0 aromatic carbocycles. The second kappa shape index (κ2) is 7.95. The zero-order valence-electron chi connectivity index (χ0n) is 14.4. The molecule has 1 aromatic rings. The summed E-state index contributed by atoms with van der Waals surface area (Å²) in [7, 11) is 0. The van der Waals surface area contributed by atoms with Crippen molar-refractivity contribution in [2.24, 2.45) is 5.92 Å². The predicted molar refractivity (Wildman–Crippen MR) is 90.0 cm³/mol. The first-order valence-corrected chi connectivity index (χ1v) is 9.45. The van der Waals surface area contributed by atoms with Crippen molar-refractivity contribution in [1.82, 2.24) is 15.1 Å². The van der Waals surface area contributed by atoms with E-state index in [1.807, 2.05) is 0 Å². The number of hydrogen-bond acceptors (Lipinski definition) is 5. The van der Waals surface area contributed by atoms with E-state index in [-0.39, 0.29) is 6.10 Å². The van der Waals surface area contributed by atoms with Crippen LogP contribution in [0, 0.1) is 5.92 Å². The van der Waals surface area contributed by atoms with Crippen LogP contribution >= 0.6 is 0 Å². The van der Waals surface area contributed by atoms with E-state index in [0.717, 1.165) is 83.9 Å². The molecule has 0 spiro atoms. The summed E-state index contributed by atoms with van der Waals surface area (Å²) in [5, 5.41) is 8.53. The number of rotatable bonds is 5. The molecule has 24 heavy (non-hydrogen) atoms. The highest BCUT2D eigenvalue weighted by Crippen LogP contribution is 2.26. The molecule has 1 atom stereocenters. The lowest BCUT2D eigenvalue weighted by Gasteiger charge is -2.27. The number of nitrogens with zero attached hydrogens (tertiary/aromatic N) is 2. The van der Waals surface area contributed by atoms with Crippen molar-refractivity contribution in [3.63, 3.8) is 0 Å². The Balaban J connectivity index is 1.36. The van der Waals surface area contributed by atoms with Gasteiger partial charge in [0.2, 0.25) is 0 Å². The zero-order valence-corrected chi connectivity index (χ0v) is 14.4. The van der Waals surface area contributed by atoms with Gasteiger partial charge in [-0.25, -0.2) is 0 Å². The molecule has 0 radical (unpaired) electrons. The predicted octanol–water partition coefficient (Wildman–Crippen LogP) is 1.69. The van der Waals surface area contributed by atoms with Gasteiger partial charge in [0.05, 0.1) is 12.3 Å². The minimum Gasteiger partial charge on any atom is -0.381 e. The molecule has 1 N–H and O–H groups in total. The fraction of sp³-hybridized carbons (Fsp3) is 0.833. The molecule has 2 saturated heterocycles. The van der Waals surface area contributed by atoms with Gasteiger partial charge in [-0.1, -0.05) is 0 Å². The third kappa shape index (κ3) is 3.99. The van der Waals surface area contributed by atoms with Crippen LogP contribution in [0.15, 0.2) is 6.20 Å². The van der Waals surface area contributed by atoms with Gasteiger partial charge in [0.1, 0.15) is 6.10 Å². The number of aromatic nitrogens is 2. The largest absolute Gasteiger partial charge is 0.381 e. The maximum absolute atomic E-state index is 6.01. The summed E-state index contributed by atoms with van der Waals surface area (Å²) in [6.07, 6.45) is 7.81. The maximum atomic E-state index is 6.01. The standard InChI is InChI=1S/C18H29N3O3/c1-6-22-7-2-14(1)12-21-13-15-3-10-24-17(18(15)20-21)11-19-16-4-8-23-9-5-16/h13-14,16-17,19H,1-12H2/t17-/m1/s1. The monoisotopic (exact) mass is 335 g/mol. The number of fused-ring (bicyclic) bond motifs is 1. The van der Waals surface area contributed by atoms with Crippen LogP contribution in [0.2, 0.25) is 0 Å². The summed E-state index contributed by atoms with van der Waals surface area (Å²) in [4.78, 5) is 0. The Hall–Kier alpha value is -0.950. The van der Waals surface area contributed by atoms with Crippen molar-refractivity contribution in [2.45, 2.75) is 50.8 Å². The topological polar surface area (TPSA) is 57.5 Å². The third-order valence-corrected chi connectivity index (χ3v) is 5.46. The Labute approximate surface area is 143 Å². The van der Waals surface area contributed by atoms with Gasteiger partial charge in [-0.05, 0) is 43.6 Å². The average Bonchev–Trinajstić information content (AvgIpc) is 3.04. The molecule has 1 aromatic heterocycles. The summed E-state index contributed by atoms with van der Waals surface area (Å²) >= 11 is 0. The summed E-state index contributed by atoms with van der Waals surface area (Å²) in [5.74, 6) is 0.694. The minimum absolute atomic E-state index is 0.0903. The van der Waals surface area contributed by atoms with Crippen molar-refractivity contribution >= 4 is 0 Å². The molecule has 2 fully saturated rings. The quantitative estimate of drug-likeness (QED) is 0.887. The van der Waals surface area contributed by atoms with Gasteiger partial charge in [-0.15, -0.1) is 0 Å². The molecular weight excluding hydrogens is 306 g/mol. The number of nitrogens with one attached hydrogen (secondary N) is 1. The van der Waals surface area contributed by atoms with Crippen LogP contribution in [0.4, 0.5) is 0 Å². The second-order valence-corrected chi connectivity index (χ2v) is 7.22. The summed E-state index contributed by atoms with van der Waals surface area (Å²) < 4.78 is 19.0. The lowest BCUT2D eigenvalue weighted by Crippen LogP contribution is -2.38. The molecule has 3 aliphatic heterocycles. The van der Waals surface area contributed by atoms with Crippen LogP contribution in [0.1, 0.15) is 43.0 Å². The molecule has 4 heterocycles. The van der Waals surface area contributed by atoms with Crippen LogP contribution in [-0.2, 0) is 27.2 Å². The molecule has 6 heteroatoms. The van der Waals surface area contributed by atoms with E-state index in [0.29, 0.717) is 12.0 Å². The Kier molecular flexibility index (Phi) is 5.47. The molecule has 0 unspecified atom stereocenters. The fourth-order valence-electron chi connectivity index (χ4n) is 3.95. The molecule has 6 nitrogen and oxygen atoms in total. The maximum Gasteiger partial charge on any atom is 0.114 e. The molecule has 0 bridgehead atoms. The first-order valence-electron chi connectivity index (χ1n) is 9.45. The Morgan fingerprint density at radius 3 is 2.58 bits per heavy atom. The van der Waals surface area contributed by atoms with E-state index >= 15 is 0 Å². The van der Waals surface area contributed by atoms with Crippen molar-refractivity contribution < 1.29 is 14.2 Å². The number of ether oxygens (including phenoxy) is 3. The first kappa shape index (κ1) is 16.5. The Morgan fingerprint density at radius 1 is 1.04 bits per heavy atom. The van der Waals surface area contributed by atoms with Crippen LogP contribution in [-0.4, -0.2) is 55.4 Å². The van der Waals surface area contributed by atoms with Gasteiger partial charge in [-0.3, -0.25) is 4.68 Å². The van der Waals surface area contributed by atoms with Crippen LogP contribution in [0.3, 0.4) is 0 Å². The van der Waals surface area contributed by atoms with Gasteiger partial charge in [0, 0.05) is 51.8 Å². The zero-order chi connectivity index (χ0) is 16.2. The van der Waals surface area contributed by atoms with E-state index in [1.54, 1.807) is 0 Å². The lowest BCUT2D eigenvalue weighted by atomic mass is 10.0. The van der Waals surface area contributed by atoms with E-state index in [1.165, 1.54) is 5.56 Å². The Bertz CT molecular complexity index is 522. The minimum atomic E-state index is 0.0903. The van der Waals surface area contributed by atoms with Crippen LogP contribution in [0.5, 0.6) is 0 Å². The third-order valence-electron chi connectivity index (χ3n) is 5.46. The summed E-state index contributed by atoms with van der Waals surface area (Å²) in [6, 6.07) is 0.553. The first-order chi connectivity index (χ1) is 11.9. The molecule has 0 saturated carbocycles. The lowest BCUT2D eigenvalue weighted by molar-refractivity contribution is 0.0295. The molecule has 3 aliphatic rings. The van der Waals surface area contributed by atoms with Crippen molar-refractivity contribution in [3.05, 3.63) is 17.5 Å². The van der Waals surface area contributed by atoms with E-state index in [2.05, 4.69) is 16.2 Å². The highest BCUT2D eigenvalue weighted by Gasteiger charge is 2.26. The summed E-state index contributed by atoms with van der Waals surface area (Å²) in [6.45, 7) is 6.19. The highest BCUT2D eigenvalue weighted by molar-refractivity contribution is 5.22. The highest BCUT2D eigenvalue weighted by atomic mass is 16.5. The molecule has 134 valence electrons. The average molecular weight is 335 g/mol. The molecule has 0 aliphatic carbocycles. The normalized spacial score (nSPS) is 26.4. The van der Waals surface area contributed by atoms with Gasteiger partial charge in [0.25, 0.3) is 0 Å². The molecular formula is C18H29N3O3. The van der Waals surface area contributed by atoms with Crippen LogP contribution in [0.25, 0.3) is 0 Å². The van der Waals surface area contributed by atoms with Crippen molar-refractivity contribution in [3.8, 4) is 0 Å². The molecule has 4 rings (SSSR count). The Morgan fingerprint density at radius 2 is 1.79 bits per heavy atom. The molecule has 0 amide bonds. The van der Waals surface area contributed by atoms with Gasteiger partial charge < -0.3 is 19.5 Å².